The normalized spacial score (nSPS) is 11.0. The zero-order chi connectivity index (χ0) is 25.2. The van der Waals surface area contributed by atoms with E-state index in [1.807, 2.05) is 55.5 Å². The Hall–Kier alpha value is -2.88. The fraction of sp³-hybridized carbons (Fsp3) is 0.296. The van der Waals surface area contributed by atoms with Crippen LogP contribution in [-0.2, 0) is 13.2 Å². The van der Waals surface area contributed by atoms with E-state index in [1.54, 1.807) is 16.4 Å². The number of aromatic nitrogens is 4. The highest BCUT2D eigenvalue weighted by Gasteiger charge is 2.12. The molecule has 0 aliphatic rings. The van der Waals surface area contributed by atoms with E-state index in [0.29, 0.717) is 13.2 Å². The number of nitrogens with one attached hydrogen (secondary N) is 1. The Labute approximate surface area is 224 Å². The van der Waals surface area contributed by atoms with E-state index in [-0.39, 0.29) is 0 Å². The lowest BCUT2D eigenvalue weighted by molar-refractivity contribution is 0.268. The number of tetrazole rings is 1. The summed E-state index contributed by atoms with van der Waals surface area (Å²) in [5.74, 6) is 2.41. The van der Waals surface area contributed by atoms with E-state index in [1.165, 1.54) is 5.56 Å². The summed E-state index contributed by atoms with van der Waals surface area (Å²) in [6.45, 7) is 6.76. The van der Waals surface area contributed by atoms with Crippen molar-refractivity contribution in [1.29, 1.82) is 0 Å². The topological polar surface area (TPSA) is 74.1 Å². The number of aryl methyl sites for hydroxylation is 1. The SMILES string of the molecule is CCOc1cc(CNCCCSc2nnnn2-c2ccccc2)c(Br)cc1OCc1ccccc1C. The minimum absolute atomic E-state index is 0.502. The molecule has 4 aromatic rings. The summed E-state index contributed by atoms with van der Waals surface area (Å²) in [6.07, 6.45) is 0.986. The third-order valence-corrected chi connectivity index (χ3v) is 7.29. The van der Waals surface area contributed by atoms with Crippen molar-refractivity contribution in [3.8, 4) is 17.2 Å². The molecule has 0 saturated heterocycles. The Morgan fingerprint density at radius 2 is 1.75 bits per heavy atom. The summed E-state index contributed by atoms with van der Waals surface area (Å²) in [6, 6.07) is 22.2. The van der Waals surface area contributed by atoms with E-state index in [9.17, 15) is 0 Å². The number of hydrogen-bond donors (Lipinski definition) is 1. The first-order valence-corrected chi connectivity index (χ1v) is 13.7. The zero-order valence-electron chi connectivity index (χ0n) is 20.5. The number of nitrogens with zero attached hydrogens (tertiary/aromatic N) is 4. The second-order valence-corrected chi connectivity index (χ2v) is 10.0. The van der Waals surface area contributed by atoms with E-state index in [2.05, 4.69) is 61.9 Å². The summed E-state index contributed by atoms with van der Waals surface area (Å²) in [7, 11) is 0. The fourth-order valence-electron chi connectivity index (χ4n) is 3.61. The predicted octanol–water partition coefficient (Wildman–Crippen LogP) is 5.98. The molecule has 0 saturated carbocycles. The third-order valence-electron chi connectivity index (χ3n) is 5.54. The molecule has 0 atom stereocenters. The van der Waals surface area contributed by atoms with Gasteiger partial charge >= 0.3 is 0 Å². The lowest BCUT2D eigenvalue weighted by Gasteiger charge is -2.16. The molecule has 3 aromatic carbocycles. The van der Waals surface area contributed by atoms with Crippen molar-refractivity contribution in [3.05, 3.63) is 87.9 Å². The van der Waals surface area contributed by atoms with Crippen molar-refractivity contribution >= 4 is 27.7 Å². The predicted molar refractivity (Wildman–Crippen MR) is 147 cm³/mol. The fourth-order valence-corrected chi connectivity index (χ4v) is 4.90. The van der Waals surface area contributed by atoms with Crippen LogP contribution in [0.5, 0.6) is 11.5 Å². The number of hydrogen-bond acceptors (Lipinski definition) is 7. The van der Waals surface area contributed by atoms with E-state index < -0.39 is 0 Å². The quantitative estimate of drug-likeness (QED) is 0.157. The first-order chi connectivity index (χ1) is 17.7. The Morgan fingerprint density at radius 1 is 0.972 bits per heavy atom. The second kappa shape index (κ2) is 13.4. The van der Waals surface area contributed by atoms with Crippen molar-refractivity contribution in [2.45, 2.75) is 38.6 Å². The highest BCUT2D eigenvalue weighted by Crippen LogP contribution is 2.34. The van der Waals surface area contributed by atoms with Gasteiger partial charge in [0.15, 0.2) is 11.5 Å². The largest absolute Gasteiger partial charge is 0.490 e. The number of halogens is 1. The number of ether oxygens (including phenoxy) is 2. The van der Waals surface area contributed by atoms with E-state index >= 15 is 0 Å². The van der Waals surface area contributed by atoms with Crippen LogP contribution in [0.1, 0.15) is 30.0 Å². The molecule has 0 bridgehead atoms. The average Bonchev–Trinajstić information content (AvgIpc) is 3.37. The molecule has 9 heteroatoms. The maximum absolute atomic E-state index is 6.13. The van der Waals surface area contributed by atoms with Crippen molar-refractivity contribution in [3.63, 3.8) is 0 Å². The molecule has 36 heavy (non-hydrogen) atoms. The Morgan fingerprint density at radius 3 is 2.56 bits per heavy atom. The second-order valence-electron chi connectivity index (χ2n) is 8.13. The van der Waals surface area contributed by atoms with Crippen molar-refractivity contribution < 1.29 is 9.47 Å². The van der Waals surface area contributed by atoms with Crippen molar-refractivity contribution in [1.82, 2.24) is 25.5 Å². The van der Waals surface area contributed by atoms with Gasteiger partial charge in [0.1, 0.15) is 6.61 Å². The van der Waals surface area contributed by atoms with E-state index in [4.69, 9.17) is 9.47 Å². The molecule has 0 aliphatic heterocycles. The lowest BCUT2D eigenvalue weighted by Crippen LogP contribution is -2.16. The number of benzene rings is 3. The maximum atomic E-state index is 6.13. The van der Waals surface area contributed by atoms with Gasteiger partial charge in [-0.3, -0.25) is 0 Å². The molecule has 0 spiro atoms. The van der Waals surface area contributed by atoms with Gasteiger partial charge in [-0.15, -0.1) is 5.10 Å². The Kier molecular flexibility index (Phi) is 9.77. The highest BCUT2D eigenvalue weighted by atomic mass is 79.9. The summed E-state index contributed by atoms with van der Waals surface area (Å²) in [4.78, 5) is 0. The molecular weight excluding hydrogens is 538 g/mol. The molecule has 0 aliphatic carbocycles. The van der Waals surface area contributed by atoms with Crippen LogP contribution in [0, 0.1) is 6.92 Å². The van der Waals surface area contributed by atoms with Gasteiger partial charge in [0.05, 0.1) is 12.3 Å². The smallest absolute Gasteiger partial charge is 0.214 e. The molecule has 0 fully saturated rings. The Balaban J connectivity index is 1.27. The van der Waals surface area contributed by atoms with Gasteiger partial charge in [0, 0.05) is 16.8 Å². The van der Waals surface area contributed by atoms with Crippen LogP contribution in [0.3, 0.4) is 0 Å². The molecule has 188 valence electrons. The van der Waals surface area contributed by atoms with Gasteiger partial charge in [-0.05, 0) is 78.2 Å². The van der Waals surface area contributed by atoms with Gasteiger partial charge in [0.25, 0.3) is 0 Å². The van der Waals surface area contributed by atoms with Crippen LogP contribution < -0.4 is 14.8 Å². The first-order valence-electron chi connectivity index (χ1n) is 12.0. The average molecular weight is 569 g/mol. The van der Waals surface area contributed by atoms with Crippen LogP contribution in [0.25, 0.3) is 5.69 Å². The Bertz CT molecular complexity index is 1250. The summed E-state index contributed by atoms with van der Waals surface area (Å²) >= 11 is 5.36. The lowest BCUT2D eigenvalue weighted by atomic mass is 10.1. The minimum Gasteiger partial charge on any atom is -0.490 e. The molecule has 4 rings (SSSR count). The molecule has 0 radical (unpaired) electrons. The van der Waals surface area contributed by atoms with Crippen LogP contribution in [0.2, 0.25) is 0 Å². The van der Waals surface area contributed by atoms with Crippen LogP contribution in [-0.4, -0.2) is 39.1 Å². The van der Waals surface area contributed by atoms with Crippen LogP contribution >= 0.6 is 27.7 Å². The van der Waals surface area contributed by atoms with Gasteiger partial charge in [0.2, 0.25) is 5.16 Å². The summed E-state index contributed by atoms with van der Waals surface area (Å²) in [5, 5.41) is 16.4. The van der Waals surface area contributed by atoms with E-state index in [0.717, 1.165) is 63.2 Å². The van der Waals surface area contributed by atoms with Gasteiger partial charge in [-0.25, -0.2) is 0 Å². The molecule has 0 amide bonds. The summed E-state index contributed by atoms with van der Waals surface area (Å²) < 4.78 is 14.8. The minimum atomic E-state index is 0.502. The number of para-hydroxylation sites is 1. The summed E-state index contributed by atoms with van der Waals surface area (Å²) in [5.41, 5.74) is 4.47. The maximum Gasteiger partial charge on any atom is 0.214 e. The van der Waals surface area contributed by atoms with Gasteiger partial charge in [-0.1, -0.05) is 70.2 Å². The number of thioether (sulfide) groups is 1. The van der Waals surface area contributed by atoms with Gasteiger partial charge < -0.3 is 14.8 Å². The molecule has 0 unspecified atom stereocenters. The molecule has 1 heterocycles. The van der Waals surface area contributed by atoms with Crippen LogP contribution in [0.4, 0.5) is 0 Å². The van der Waals surface area contributed by atoms with Crippen molar-refractivity contribution in [2.24, 2.45) is 0 Å². The molecule has 1 aromatic heterocycles. The van der Waals surface area contributed by atoms with Crippen LogP contribution in [0.15, 0.2) is 76.4 Å². The number of rotatable bonds is 13. The van der Waals surface area contributed by atoms with Crippen molar-refractivity contribution in [2.75, 3.05) is 18.9 Å². The zero-order valence-corrected chi connectivity index (χ0v) is 22.9. The first kappa shape index (κ1) is 26.2. The highest BCUT2D eigenvalue weighted by molar-refractivity contribution is 9.10. The molecule has 7 nitrogen and oxygen atoms in total. The third kappa shape index (κ3) is 7.09. The monoisotopic (exact) mass is 567 g/mol. The van der Waals surface area contributed by atoms with Gasteiger partial charge in [-0.2, -0.15) is 4.68 Å². The standard InChI is InChI=1S/C27H30BrN5O2S/c1-3-34-25-16-22(24(28)17-26(25)35-19-21-11-8-7-10-20(21)2)18-29-14-9-15-36-27-30-31-32-33(27)23-12-5-4-6-13-23/h4-8,10-13,16-17,29H,3,9,14-15,18-19H2,1-2H3. The molecule has 1 N–H and O–H groups in total. The molecular formula is C27H30BrN5O2S.